The monoisotopic (exact) mass is 325 g/mol. The maximum absolute atomic E-state index is 10.9. The molecule has 0 fully saturated rings. The predicted molar refractivity (Wildman–Crippen MR) is 103 cm³/mol. The Labute approximate surface area is 147 Å². The third kappa shape index (κ3) is 3.99. The van der Waals surface area contributed by atoms with Crippen molar-refractivity contribution in [2.24, 2.45) is 0 Å². The van der Waals surface area contributed by atoms with Crippen molar-refractivity contribution in [2.45, 2.75) is 53.0 Å². The quantitative estimate of drug-likeness (QED) is 0.717. The van der Waals surface area contributed by atoms with Gasteiger partial charge in [-0.05, 0) is 42.1 Å². The third-order valence-electron chi connectivity index (χ3n) is 5.23. The molecule has 0 atom stereocenters. The fourth-order valence-corrected chi connectivity index (χ4v) is 2.94. The van der Waals surface area contributed by atoms with Gasteiger partial charge in [-0.1, -0.05) is 71.0 Å². The summed E-state index contributed by atoms with van der Waals surface area (Å²) in [5, 5.41) is 10.9. The fourth-order valence-electron chi connectivity index (χ4n) is 2.94. The molecule has 0 radical (unpaired) electrons. The molecule has 2 aromatic carbocycles. The second kappa shape index (κ2) is 7.85. The van der Waals surface area contributed by atoms with E-state index in [4.69, 9.17) is 0 Å². The maximum Gasteiger partial charge on any atom is 0.127 e. The van der Waals surface area contributed by atoms with E-state index >= 15 is 0 Å². The van der Waals surface area contributed by atoms with Gasteiger partial charge in [0.2, 0.25) is 0 Å². The van der Waals surface area contributed by atoms with Gasteiger partial charge in [-0.2, -0.15) is 0 Å². The Bertz CT molecular complexity index is 657. The van der Waals surface area contributed by atoms with E-state index in [1.807, 2.05) is 18.2 Å². The molecule has 0 amide bonds. The van der Waals surface area contributed by atoms with Gasteiger partial charge in [0, 0.05) is 17.7 Å². The first-order chi connectivity index (χ1) is 11.4. The Morgan fingerprint density at radius 2 is 1.58 bits per heavy atom. The van der Waals surface area contributed by atoms with Crippen molar-refractivity contribution in [3.8, 4) is 16.9 Å². The van der Waals surface area contributed by atoms with Crippen molar-refractivity contribution < 1.29 is 5.11 Å². The van der Waals surface area contributed by atoms with E-state index in [0.29, 0.717) is 5.75 Å². The van der Waals surface area contributed by atoms with E-state index in [2.05, 4.69) is 63.8 Å². The number of rotatable bonds is 7. The Morgan fingerprint density at radius 3 is 2.12 bits per heavy atom. The normalized spacial score (nSPS) is 11.9. The number of aromatic hydroxyl groups is 1. The zero-order valence-electron chi connectivity index (χ0n) is 15.8. The zero-order chi connectivity index (χ0) is 17.7. The highest BCUT2D eigenvalue weighted by molar-refractivity contribution is 5.73. The molecule has 2 aromatic rings. The van der Waals surface area contributed by atoms with Crippen molar-refractivity contribution in [3.63, 3.8) is 0 Å². The van der Waals surface area contributed by atoms with Gasteiger partial charge < -0.3 is 5.11 Å². The highest BCUT2D eigenvalue weighted by Crippen LogP contribution is 2.38. The van der Waals surface area contributed by atoms with E-state index in [-0.39, 0.29) is 5.41 Å². The van der Waals surface area contributed by atoms with Gasteiger partial charge in [0.1, 0.15) is 5.75 Å². The van der Waals surface area contributed by atoms with Crippen LogP contribution in [0.5, 0.6) is 5.75 Å². The Morgan fingerprint density at radius 1 is 0.958 bits per heavy atom. The van der Waals surface area contributed by atoms with Crippen LogP contribution in [0.2, 0.25) is 0 Å². The number of phenols is 1. The minimum atomic E-state index is 0.0925. The van der Waals surface area contributed by atoms with Crippen LogP contribution in [0.25, 0.3) is 11.1 Å². The number of benzene rings is 2. The third-order valence-corrected chi connectivity index (χ3v) is 5.23. The van der Waals surface area contributed by atoms with Crippen molar-refractivity contribution in [2.75, 3.05) is 13.1 Å². The number of hydrogen-bond acceptors (Lipinski definition) is 2. The van der Waals surface area contributed by atoms with Gasteiger partial charge >= 0.3 is 0 Å². The molecule has 0 heterocycles. The van der Waals surface area contributed by atoms with Gasteiger partial charge in [0.15, 0.2) is 0 Å². The number of hydrogen-bond donors (Lipinski definition) is 1. The smallest absolute Gasteiger partial charge is 0.127 e. The lowest BCUT2D eigenvalue weighted by Gasteiger charge is -2.27. The van der Waals surface area contributed by atoms with Crippen LogP contribution in [-0.2, 0) is 12.0 Å². The minimum Gasteiger partial charge on any atom is -0.507 e. The molecule has 130 valence electrons. The van der Waals surface area contributed by atoms with Gasteiger partial charge in [-0.3, -0.25) is 4.90 Å². The lowest BCUT2D eigenvalue weighted by molar-refractivity contribution is 0.290. The van der Waals surface area contributed by atoms with Crippen LogP contribution in [0.1, 0.15) is 52.2 Å². The molecule has 0 saturated heterocycles. The fraction of sp³-hybridized carbons (Fsp3) is 0.455. The summed E-state index contributed by atoms with van der Waals surface area (Å²) in [4.78, 5) is 2.34. The zero-order valence-corrected chi connectivity index (χ0v) is 15.8. The van der Waals surface area contributed by atoms with E-state index in [1.165, 1.54) is 5.56 Å². The van der Waals surface area contributed by atoms with E-state index in [9.17, 15) is 5.11 Å². The summed E-state index contributed by atoms with van der Waals surface area (Å²) in [5.74, 6) is 0.420. The van der Waals surface area contributed by atoms with Gasteiger partial charge in [0.25, 0.3) is 0 Å². The first-order valence-corrected chi connectivity index (χ1v) is 9.07. The maximum atomic E-state index is 10.9. The summed E-state index contributed by atoms with van der Waals surface area (Å²) in [5.41, 5.74) is 4.43. The summed E-state index contributed by atoms with van der Waals surface area (Å²) < 4.78 is 0. The lowest BCUT2D eigenvalue weighted by Crippen LogP contribution is -2.23. The molecule has 0 spiro atoms. The molecule has 2 rings (SSSR count). The highest BCUT2D eigenvalue weighted by atomic mass is 16.3. The topological polar surface area (TPSA) is 23.5 Å². The van der Waals surface area contributed by atoms with Crippen molar-refractivity contribution in [3.05, 3.63) is 53.6 Å². The standard InChI is InChI=1S/C22H31NO/c1-6-22(4,5)19-14-18(16-23(7-2)8-3)21(24)20(15-19)17-12-10-9-11-13-17/h9-15,24H,6-8,16H2,1-5H3. The highest BCUT2D eigenvalue weighted by Gasteiger charge is 2.22. The van der Waals surface area contributed by atoms with Crippen molar-refractivity contribution >= 4 is 0 Å². The van der Waals surface area contributed by atoms with E-state index in [0.717, 1.165) is 42.7 Å². The predicted octanol–water partition coefficient (Wildman–Crippen LogP) is 5.59. The van der Waals surface area contributed by atoms with E-state index in [1.54, 1.807) is 0 Å². The van der Waals surface area contributed by atoms with Crippen LogP contribution < -0.4 is 0 Å². The first-order valence-electron chi connectivity index (χ1n) is 9.07. The largest absolute Gasteiger partial charge is 0.507 e. The minimum absolute atomic E-state index is 0.0925. The Balaban J connectivity index is 2.59. The average Bonchev–Trinajstić information content (AvgIpc) is 2.61. The summed E-state index contributed by atoms with van der Waals surface area (Å²) >= 11 is 0. The molecule has 1 N–H and O–H groups in total. The SMILES string of the molecule is CCN(CC)Cc1cc(C(C)(C)CC)cc(-c2ccccc2)c1O. The molecule has 2 heteroatoms. The van der Waals surface area contributed by atoms with Gasteiger partial charge in [0.05, 0.1) is 0 Å². The summed E-state index contributed by atoms with van der Waals surface area (Å²) in [7, 11) is 0. The van der Waals surface area contributed by atoms with Crippen LogP contribution >= 0.6 is 0 Å². The summed E-state index contributed by atoms with van der Waals surface area (Å²) in [6, 6.07) is 14.6. The average molecular weight is 325 g/mol. The molecule has 0 aliphatic heterocycles. The van der Waals surface area contributed by atoms with Crippen LogP contribution in [0.3, 0.4) is 0 Å². The summed E-state index contributed by atoms with van der Waals surface area (Å²) in [6.07, 6.45) is 1.07. The first kappa shape index (κ1) is 18.5. The second-order valence-corrected chi connectivity index (χ2v) is 7.10. The molecule has 0 saturated carbocycles. The summed E-state index contributed by atoms with van der Waals surface area (Å²) in [6.45, 7) is 13.9. The van der Waals surface area contributed by atoms with Gasteiger partial charge in [-0.15, -0.1) is 0 Å². The van der Waals surface area contributed by atoms with Crippen LogP contribution in [0.15, 0.2) is 42.5 Å². The number of phenolic OH excluding ortho intramolecular Hbond substituents is 1. The van der Waals surface area contributed by atoms with Crippen LogP contribution in [0, 0.1) is 0 Å². The van der Waals surface area contributed by atoms with Gasteiger partial charge in [-0.25, -0.2) is 0 Å². The Hall–Kier alpha value is -1.80. The van der Waals surface area contributed by atoms with Crippen molar-refractivity contribution in [1.29, 1.82) is 0 Å². The molecule has 0 unspecified atom stereocenters. The molecule has 0 aliphatic rings. The molecule has 0 aromatic heterocycles. The molecule has 0 bridgehead atoms. The molecular formula is C22H31NO. The molecule has 24 heavy (non-hydrogen) atoms. The lowest BCUT2D eigenvalue weighted by atomic mass is 9.80. The molecule has 2 nitrogen and oxygen atoms in total. The second-order valence-electron chi connectivity index (χ2n) is 7.10. The van der Waals surface area contributed by atoms with Crippen LogP contribution in [-0.4, -0.2) is 23.1 Å². The Kier molecular flexibility index (Phi) is 6.06. The number of nitrogens with zero attached hydrogens (tertiary/aromatic N) is 1. The van der Waals surface area contributed by atoms with Crippen molar-refractivity contribution in [1.82, 2.24) is 4.90 Å². The molecule has 0 aliphatic carbocycles. The molecular weight excluding hydrogens is 294 g/mol. The van der Waals surface area contributed by atoms with E-state index < -0.39 is 0 Å². The van der Waals surface area contributed by atoms with Crippen LogP contribution in [0.4, 0.5) is 0 Å².